The fourth-order valence-corrected chi connectivity index (χ4v) is 4.97. The Kier molecular flexibility index (Phi) is 17.9. The number of aromatic nitrogens is 2. The minimum absolute atomic E-state index is 0. The number of nitrogens with zero attached hydrogens (tertiary/aromatic N) is 3. The molecule has 1 aliphatic heterocycles. The first-order valence-electron chi connectivity index (χ1n) is 13.7. The maximum absolute atomic E-state index is 12.3. The van der Waals surface area contributed by atoms with Gasteiger partial charge < -0.3 is 33.5 Å². The quantitative estimate of drug-likeness (QED) is 0.101. The number of ether oxygens (including phenoxy) is 2. The molecule has 1 aromatic rings. The lowest BCUT2D eigenvalue weighted by atomic mass is 10.1. The molecule has 8 heteroatoms. The van der Waals surface area contributed by atoms with E-state index in [4.69, 9.17) is 9.47 Å². The Morgan fingerprint density at radius 3 is 2.26 bits per heavy atom. The van der Waals surface area contributed by atoms with Gasteiger partial charge in [0.1, 0.15) is 12.2 Å². The molecule has 35 heavy (non-hydrogen) atoms. The van der Waals surface area contributed by atoms with Crippen LogP contribution in [-0.4, -0.2) is 52.7 Å². The van der Waals surface area contributed by atoms with Gasteiger partial charge in [-0.1, -0.05) is 90.6 Å². The molecule has 0 spiro atoms. The highest BCUT2D eigenvalue weighted by Crippen LogP contribution is 2.30. The Bertz CT molecular complexity index is 728. The topological polar surface area (TPSA) is 61.3 Å². The molecular formula is C27H48IN3O3S. The summed E-state index contributed by atoms with van der Waals surface area (Å²) in [5, 5.41) is 0. The molecule has 2 heterocycles. The van der Waals surface area contributed by atoms with Crippen LogP contribution in [0.3, 0.4) is 0 Å². The third-order valence-corrected chi connectivity index (χ3v) is 7.14. The molecule has 1 aromatic heterocycles. The van der Waals surface area contributed by atoms with E-state index in [1.54, 1.807) is 0 Å². The van der Waals surface area contributed by atoms with Crippen molar-refractivity contribution in [3.63, 3.8) is 0 Å². The van der Waals surface area contributed by atoms with Crippen molar-refractivity contribution in [1.82, 2.24) is 8.75 Å². The van der Waals surface area contributed by atoms with Crippen molar-refractivity contribution >= 4 is 23.3 Å². The Labute approximate surface area is 235 Å². The number of carbonyl (C=O) groups excluding carboxylic acids is 1. The third-order valence-electron chi connectivity index (χ3n) is 6.63. The minimum atomic E-state index is -0.0650. The zero-order chi connectivity index (χ0) is 24.5. The SMILES string of the molecule is CCCCCCCCCCCC(=O)OC[N+]1(C)CCC=C(c2nsnc2OCCCCCC)C1.[I-]. The van der Waals surface area contributed by atoms with E-state index < -0.39 is 0 Å². The molecule has 1 aliphatic rings. The van der Waals surface area contributed by atoms with Gasteiger partial charge in [0.25, 0.3) is 5.88 Å². The number of esters is 1. The Morgan fingerprint density at radius 1 is 0.943 bits per heavy atom. The van der Waals surface area contributed by atoms with Crippen molar-refractivity contribution in [3.8, 4) is 5.88 Å². The van der Waals surface area contributed by atoms with Crippen molar-refractivity contribution in [2.75, 3.05) is 33.5 Å². The molecule has 0 saturated carbocycles. The smallest absolute Gasteiger partial charge is 0.310 e. The van der Waals surface area contributed by atoms with Crippen molar-refractivity contribution in [2.24, 2.45) is 0 Å². The van der Waals surface area contributed by atoms with E-state index in [0.29, 0.717) is 30.1 Å². The van der Waals surface area contributed by atoms with E-state index in [1.807, 2.05) is 0 Å². The first-order chi connectivity index (χ1) is 16.6. The number of hydrogen-bond donors (Lipinski definition) is 0. The molecule has 0 aliphatic carbocycles. The van der Waals surface area contributed by atoms with Gasteiger partial charge in [-0.15, -0.1) is 4.37 Å². The maximum Gasteiger partial charge on any atom is 0.310 e. The average molecular weight is 622 g/mol. The molecule has 0 aromatic carbocycles. The summed E-state index contributed by atoms with van der Waals surface area (Å²) in [5.74, 6) is 0.591. The van der Waals surface area contributed by atoms with Crippen molar-refractivity contribution in [3.05, 3.63) is 11.8 Å². The van der Waals surface area contributed by atoms with Gasteiger partial charge in [-0.3, -0.25) is 9.28 Å². The number of halogens is 1. The first kappa shape index (κ1) is 32.3. The molecule has 0 bridgehead atoms. The van der Waals surface area contributed by atoms with Gasteiger partial charge in [0.15, 0.2) is 0 Å². The van der Waals surface area contributed by atoms with E-state index in [1.165, 1.54) is 75.9 Å². The fourth-order valence-electron chi connectivity index (χ4n) is 4.44. The number of rotatable bonds is 19. The zero-order valence-electron chi connectivity index (χ0n) is 22.4. The zero-order valence-corrected chi connectivity index (χ0v) is 25.3. The highest BCUT2D eigenvalue weighted by molar-refractivity contribution is 6.99. The molecular weight excluding hydrogens is 573 g/mol. The summed E-state index contributed by atoms with van der Waals surface area (Å²) in [7, 11) is 2.16. The van der Waals surface area contributed by atoms with Crippen LogP contribution in [0.4, 0.5) is 0 Å². The van der Waals surface area contributed by atoms with Crippen LogP contribution in [0.5, 0.6) is 5.88 Å². The molecule has 0 saturated heterocycles. The van der Waals surface area contributed by atoms with Gasteiger partial charge >= 0.3 is 5.97 Å². The Hall–Kier alpha value is -0.740. The Morgan fingerprint density at radius 2 is 1.57 bits per heavy atom. The summed E-state index contributed by atoms with van der Waals surface area (Å²) in [6.45, 7) is 7.31. The number of quaternary nitrogens is 1. The molecule has 2 rings (SSSR count). The van der Waals surface area contributed by atoms with E-state index >= 15 is 0 Å². The van der Waals surface area contributed by atoms with Crippen LogP contribution in [0.15, 0.2) is 6.08 Å². The predicted octanol–water partition coefficient (Wildman–Crippen LogP) is 4.16. The summed E-state index contributed by atoms with van der Waals surface area (Å²) < 4.78 is 21.2. The van der Waals surface area contributed by atoms with Crippen molar-refractivity contribution < 1.29 is 42.7 Å². The number of unbranched alkanes of at least 4 members (excludes halogenated alkanes) is 11. The monoisotopic (exact) mass is 621 g/mol. The molecule has 202 valence electrons. The molecule has 1 unspecified atom stereocenters. The summed E-state index contributed by atoms with van der Waals surface area (Å²) in [6, 6.07) is 0. The van der Waals surface area contributed by atoms with Gasteiger partial charge in [-0.2, -0.15) is 4.37 Å². The molecule has 0 radical (unpaired) electrons. The minimum Gasteiger partial charge on any atom is -1.00 e. The highest BCUT2D eigenvalue weighted by Gasteiger charge is 2.31. The van der Waals surface area contributed by atoms with Crippen LogP contribution in [0.25, 0.3) is 5.57 Å². The fraction of sp³-hybridized carbons (Fsp3) is 0.815. The summed E-state index contributed by atoms with van der Waals surface area (Å²) >= 11 is 1.21. The number of carbonyl (C=O) groups is 1. The van der Waals surface area contributed by atoms with Crippen LogP contribution < -0.4 is 28.7 Å². The molecule has 0 N–H and O–H groups in total. The van der Waals surface area contributed by atoms with Crippen LogP contribution in [0.2, 0.25) is 0 Å². The summed E-state index contributed by atoms with van der Waals surface area (Å²) in [5.41, 5.74) is 2.02. The maximum atomic E-state index is 12.3. The van der Waals surface area contributed by atoms with Gasteiger partial charge in [0, 0.05) is 18.4 Å². The highest BCUT2D eigenvalue weighted by atomic mass is 127. The largest absolute Gasteiger partial charge is 1.00 e. The average Bonchev–Trinajstić information content (AvgIpc) is 3.30. The lowest BCUT2D eigenvalue weighted by Crippen LogP contribution is -3.00. The lowest BCUT2D eigenvalue weighted by molar-refractivity contribution is -0.919. The van der Waals surface area contributed by atoms with Gasteiger partial charge in [0.2, 0.25) is 6.73 Å². The number of likely N-dealkylation sites (N-methyl/N-ethyl adjacent to an activating group) is 1. The predicted molar refractivity (Wildman–Crippen MR) is 141 cm³/mol. The van der Waals surface area contributed by atoms with E-state index in [0.717, 1.165) is 50.0 Å². The van der Waals surface area contributed by atoms with Gasteiger partial charge in [-0.25, -0.2) is 0 Å². The Balaban J connectivity index is 0.00000612. The second kappa shape index (κ2) is 19.4. The first-order valence-corrected chi connectivity index (χ1v) is 14.4. The summed E-state index contributed by atoms with van der Waals surface area (Å²) in [4.78, 5) is 12.3. The van der Waals surface area contributed by atoms with E-state index in [2.05, 4.69) is 35.7 Å². The van der Waals surface area contributed by atoms with Crippen LogP contribution in [-0.2, 0) is 9.53 Å². The number of hydrogen-bond acceptors (Lipinski definition) is 6. The van der Waals surface area contributed by atoms with Gasteiger partial charge in [0.05, 0.1) is 31.9 Å². The standard InChI is InChI=1S/C27H48N3O3S.HI/c1-4-6-8-10-11-12-13-14-15-19-25(31)33-23-30(3)20-17-18-24(22-30)26-27(29-34-28-26)32-21-16-9-7-5-2;/h18H,4-17,19-23H2,1-3H3;1H/q+1;/p-1. The molecule has 6 nitrogen and oxygen atoms in total. The van der Waals surface area contributed by atoms with Crippen molar-refractivity contribution in [1.29, 1.82) is 0 Å². The molecule has 0 fully saturated rings. The third kappa shape index (κ3) is 13.4. The van der Waals surface area contributed by atoms with Crippen LogP contribution in [0.1, 0.15) is 116 Å². The van der Waals surface area contributed by atoms with E-state index in [-0.39, 0.29) is 29.9 Å². The van der Waals surface area contributed by atoms with Crippen LogP contribution >= 0.6 is 11.7 Å². The second-order valence-electron chi connectivity index (χ2n) is 10.1. The normalized spacial score (nSPS) is 17.5. The summed E-state index contributed by atoms with van der Waals surface area (Å²) in [6.07, 6.45) is 19.7. The second-order valence-corrected chi connectivity index (χ2v) is 10.6. The van der Waals surface area contributed by atoms with Crippen molar-refractivity contribution in [2.45, 2.75) is 110 Å². The molecule has 1 atom stereocenters. The van der Waals surface area contributed by atoms with Gasteiger partial charge in [-0.05, 0) is 12.8 Å². The molecule has 0 amide bonds. The van der Waals surface area contributed by atoms with E-state index in [9.17, 15) is 4.79 Å². The van der Waals surface area contributed by atoms with Crippen LogP contribution in [0, 0.1) is 0 Å². The lowest BCUT2D eigenvalue weighted by Gasteiger charge is -2.36.